The highest BCUT2D eigenvalue weighted by molar-refractivity contribution is 7.90. The van der Waals surface area contributed by atoms with Gasteiger partial charge in [0.2, 0.25) is 0 Å². The van der Waals surface area contributed by atoms with E-state index >= 15 is 0 Å². The zero-order valence-corrected chi connectivity index (χ0v) is 18.3. The van der Waals surface area contributed by atoms with E-state index in [0.717, 1.165) is 24.5 Å². The molecule has 0 aliphatic carbocycles. The van der Waals surface area contributed by atoms with Gasteiger partial charge in [0.05, 0.1) is 15.5 Å². The van der Waals surface area contributed by atoms with E-state index in [0.29, 0.717) is 26.7 Å². The molecule has 4 aromatic rings. The van der Waals surface area contributed by atoms with Crippen molar-refractivity contribution >= 4 is 21.2 Å². The minimum absolute atomic E-state index is 0.000816. The fraction of sp³-hybridized carbons (Fsp3) is 0.0870. The number of halogens is 3. The number of nitrogens with zero attached hydrogens (tertiary/aromatic N) is 1. The van der Waals surface area contributed by atoms with Crippen molar-refractivity contribution in [3.05, 3.63) is 89.2 Å². The number of rotatable bonds is 6. The average molecular weight is 476 g/mol. The largest absolute Gasteiger partial charge is 0.486 e. The zero-order chi connectivity index (χ0) is 22.9. The summed E-state index contributed by atoms with van der Waals surface area (Å²) in [5.41, 5.74) is 1.49. The summed E-state index contributed by atoms with van der Waals surface area (Å²) < 4.78 is 70.5. The van der Waals surface area contributed by atoms with E-state index < -0.39 is 27.3 Å². The molecule has 32 heavy (non-hydrogen) atoms. The van der Waals surface area contributed by atoms with E-state index in [-0.39, 0.29) is 17.3 Å². The molecule has 9 heteroatoms. The van der Waals surface area contributed by atoms with Crippen LogP contribution in [0.2, 0.25) is 0 Å². The highest BCUT2D eigenvalue weighted by atomic mass is 32.2. The lowest BCUT2D eigenvalue weighted by Crippen LogP contribution is -1.99. The smallest absolute Gasteiger partial charge is 0.176 e. The van der Waals surface area contributed by atoms with Crippen LogP contribution in [0.1, 0.15) is 5.01 Å². The molecule has 0 saturated carbocycles. The molecule has 164 valence electrons. The van der Waals surface area contributed by atoms with Gasteiger partial charge in [0.15, 0.2) is 9.84 Å². The first kappa shape index (κ1) is 22.0. The molecule has 0 atom stereocenters. The molecule has 0 unspecified atom stereocenters. The van der Waals surface area contributed by atoms with Crippen LogP contribution in [-0.2, 0) is 16.4 Å². The molecule has 0 amide bonds. The second kappa shape index (κ2) is 8.76. The Morgan fingerprint density at radius 2 is 1.56 bits per heavy atom. The second-order valence-corrected chi connectivity index (χ2v) is 10.0. The summed E-state index contributed by atoms with van der Waals surface area (Å²) in [6.07, 6.45) is 1.12. The first-order chi connectivity index (χ1) is 15.2. The summed E-state index contributed by atoms with van der Waals surface area (Å²) >= 11 is 1.19. The molecule has 0 aliphatic heterocycles. The monoisotopic (exact) mass is 475 g/mol. The van der Waals surface area contributed by atoms with Crippen molar-refractivity contribution in [2.45, 2.75) is 11.5 Å². The average Bonchev–Trinajstić information content (AvgIpc) is 3.16. The molecule has 0 radical (unpaired) electrons. The number of thiazole rings is 1. The van der Waals surface area contributed by atoms with Crippen LogP contribution in [0.4, 0.5) is 13.2 Å². The predicted octanol–water partition coefficient (Wildman–Crippen LogP) is 5.88. The van der Waals surface area contributed by atoms with Crippen LogP contribution in [-0.4, -0.2) is 19.7 Å². The van der Waals surface area contributed by atoms with E-state index in [2.05, 4.69) is 4.98 Å². The number of aromatic nitrogens is 1. The third-order valence-electron chi connectivity index (χ3n) is 4.52. The molecule has 0 N–H and O–H groups in total. The zero-order valence-electron chi connectivity index (χ0n) is 16.7. The van der Waals surface area contributed by atoms with Crippen LogP contribution in [0.25, 0.3) is 21.7 Å². The highest BCUT2D eigenvalue weighted by Crippen LogP contribution is 2.40. The third-order valence-corrected chi connectivity index (χ3v) is 6.74. The van der Waals surface area contributed by atoms with Crippen molar-refractivity contribution in [3.63, 3.8) is 0 Å². The Kier molecular flexibility index (Phi) is 6.03. The van der Waals surface area contributed by atoms with Crippen LogP contribution in [0, 0.1) is 17.5 Å². The lowest BCUT2D eigenvalue weighted by molar-refractivity contribution is 0.302. The molecular formula is C23H16F3NO3S2. The first-order valence-corrected chi connectivity index (χ1v) is 12.1. The fourth-order valence-corrected chi connectivity index (χ4v) is 5.15. The van der Waals surface area contributed by atoms with E-state index in [9.17, 15) is 21.6 Å². The summed E-state index contributed by atoms with van der Waals surface area (Å²) in [6.45, 7) is -0.0944. The number of benzene rings is 3. The van der Waals surface area contributed by atoms with Gasteiger partial charge in [-0.05, 0) is 30.3 Å². The first-order valence-electron chi connectivity index (χ1n) is 9.35. The number of hydrogen-bond donors (Lipinski definition) is 0. The lowest BCUT2D eigenvalue weighted by Gasteiger charge is -2.08. The van der Waals surface area contributed by atoms with E-state index in [1.165, 1.54) is 29.5 Å². The molecule has 1 heterocycles. The maximum atomic E-state index is 13.4. The van der Waals surface area contributed by atoms with Crippen molar-refractivity contribution in [2.24, 2.45) is 0 Å². The molecule has 0 aliphatic rings. The Labute approximate surface area is 186 Å². The summed E-state index contributed by atoms with van der Waals surface area (Å²) in [4.78, 5) is 5.25. The summed E-state index contributed by atoms with van der Waals surface area (Å²) in [7, 11) is -3.54. The van der Waals surface area contributed by atoms with Crippen molar-refractivity contribution in [3.8, 4) is 27.4 Å². The Bertz CT molecular complexity index is 1360. The van der Waals surface area contributed by atoms with Gasteiger partial charge in [0.1, 0.15) is 34.8 Å². The van der Waals surface area contributed by atoms with E-state index in [1.807, 2.05) is 0 Å². The molecular weight excluding hydrogens is 459 g/mol. The number of hydrogen-bond acceptors (Lipinski definition) is 5. The minimum atomic E-state index is -3.54. The van der Waals surface area contributed by atoms with E-state index in [4.69, 9.17) is 4.74 Å². The molecule has 0 bridgehead atoms. The normalized spacial score (nSPS) is 11.5. The van der Waals surface area contributed by atoms with Crippen molar-refractivity contribution < 1.29 is 26.3 Å². The third kappa shape index (κ3) is 4.84. The van der Waals surface area contributed by atoms with Gasteiger partial charge in [-0.1, -0.05) is 18.2 Å². The maximum Gasteiger partial charge on any atom is 0.176 e. The minimum Gasteiger partial charge on any atom is -0.486 e. The predicted molar refractivity (Wildman–Crippen MR) is 117 cm³/mol. The number of ether oxygens (including phenoxy) is 1. The Morgan fingerprint density at radius 1 is 0.906 bits per heavy atom. The molecule has 0 saturated heterocycles. The van der Waals surface area contributed by atoms with Crippen molar-refractivity contribution in [2.75, 3.05) is 6.26 Å². The Hall–Kier alpha value is -3.17. The van der Waals surface area contributed by atoms with E-state index in [1.54, 1.807) is 30.3 Å². The quantitative estimate of drug-likeness (QED) is 0.350. The van der Waals surface area contributed by atoms with Crippen LogP contribution in [0.5, 0.6) is 5.75 Å². The molecule has 4 nitrogen and oxygen atoms in total. The van der Waals surface area contributed by atoms with Crippen molar-refractivity contribution in [1.82, 2.24) is 4.98 Å². The van der Waals surface area contributed by atoms with Gasteiger partial charge < -0.3 is 4.74 Å². The Morgan fingerprint density at radius 3 is 2.22 bits per heavy atom. The molecule has 0 fully saturated rings. The van der Waals surface area contributed by atoms with Crippen LogP contribution in [0.3, 0.4) is 0 Å². The molecule has 3 aromatic carbocycles. The van der Waals surface area contributed by atoms with Gasteiger partial charge in [0, 0.05) is 35.6 Å². The Balaban J connectivity index is 1.79. The van der Waals surface area contributed by atoms with Crippen LogP contribution >= 0.6 is 11.3 Å². The highest BCUT2D eigenvalue weighted by Gasteiger charge is 2.21. The number of sulfone groups is 1. The standard InChI is InChI=1S/C23H16F3NO3S2/c1-32(28,29)20-5-3-2-4-19(20)23-22(14-6-8-15(24)9-7-14)27-21(31-23)13-30-18-11-16(25)10-17(26)12-18/h2-12H,13H2,1H3. The second-order valence-electron chi connectivity index (χ2n) is 6.95. The summed E-state index contributed by atoms with van der Waals surface area (Å²) in [5, 5.41) is 0.451. The van der Waals surface area contributed by atoms with Gasteiger partial charge in [-0.2, -0.15) is 0 Å². The molecule has 0 spiro atoms. The maximum absolute atomic E-state index is 13.4. The topological polar surface area (TPSA) is 56.3 Å². The van der Waals surface area contributed by atoms with Gasteiger partial charge in [-0.25, -0.2) is 26.6 Å². The molecule has 1 aromatic heterocycles. The van der Waals surface area contributed by atoms with Gasteiger partial charge in [-0.15, -0.1) is 11.3 Å². The molecule has 4 rings (SSSR count). The van der Waals surface area contributed by atoms with Gasteiger partial charge in [0.25, 0.3) is 0 Å². The fourth-order valence-electron chi connectivity index (χ4n) is 3.15. The van der Waals surface area contributed by atoms with Gasteiger partial charge in [-0.3, -0.25) is 0 Å². The van der Waals surface area contributed by atoms with Crippen LogP contribution in [0.15, 0.2) is 71.6 Å². The van der Waals surface area contributed by atoms with Crippen LogP contribution < -0.4 is 4.74 Å². The SMILES string of the molecule is CS(=O)(=O)c1ccccc1-c1sc(COc2cc(F)cc(F)c2)nc1-c1ccc(F)cc1. The lowest BCUT2D eigenvalue weighted by atomic mass is 10.1. The van der Waals surface area contributed by atoms with Gasteiger partial charge >= 0.3 is 0 Å². The summed E-state index contributed by atoms with van der Waals surface area (Å²) in [6, 6.07) is 15.0. The summed E-state index contributed by atoms with van der Waals surface area (Å²) in [5.74, 6) is -1.96. The van der Waals surface area contributed by atoms with Crippen molar-refractivity contribution in [1.29, 1.82) is 0 Å².